The van der Waals surface area contributed by atoms with E-state index in [1.807, 2.05) is 54.6 Å². The summed E-state index contributed by atoms with van der Waals surface area (Å²) in [6.45, 7) is 0.0693. The van der Waals surface area contributed by atoms with E-state index in [9.17, 15) is 14.0 Å². The number of halogens is 1. The molecular weight excluding hydrogens is 417 g/mol. The molecule has 4 aromatic rings. The van der Waals surface area contributed by atoms with E-state index in [1.165, 1.54) is 6.20 Å². The van der Waals surface area contributed by atoms with Crippen LogP contribution in [0.25, 0.3) is 10.8 Å². The van der Waals surface area contributed by atoms with Gasteiger partial charge in [-0.2, -0.15) is 4.39 Å². The number of nitrogens with one attached hydrogen (secondary N) is 2. The molecule has 1 aliphatic carbocycles. The van der Waals surface area contributed by atoms with Crippen molar-refractivity contribution in [3.8, 4) is 0 Å². The van der Waals surface area contributed by atoms with Crippen LogP contribution in [0.3, 0.4) is 0 Å². The van der Waals surface area contributed by atoms with Crippen molar-refractivity contribution < 1.29 is 14.0 Å². The maximum absolute atomic E-state index is 13.6. The maximum Gasteiger partial charge on any atom is 0.251 e. The van der Waals surface area contributed by atoms with Gasteiger partial charge in [0, 0.05) is 35.5 Å². The number of carbonyl (C=O) groups excluding carboxylic acids is 2. The van der Waals surface area contributed by atoms with Crippen LogP contribution in [-0.2, 0) is 11.3 Å². The number of benzene rings is 3. The number of aromatic nitrogens is 1. The van der Waals surface area contributed by atoms with E-state index < -0.39 is 5.95 Å². The van der Waals surface area contributed by atoms with Crippen LogP contribution in [0.5, 0.6) is 0 Å². The van der Waals surface area contributed by atoms with Crippen molar-refractivity contribution in [2.24, 2.45) is 5.92 Å². The summed E-state index contributed by atoms with van der Waals surface area (Å²) in [4.78, 5) is 28.7. The molecule has 2 atom stereocenters. The topological polar surface area (TPSA) is 71.1 Å². The van der Waals surface area contributed by atoms with Crippen molar-refractivity contribution in [2.75, 3.05) is 5.32 Å². The van der Waals surface area contributed by atoms with Gasteiger partial charge in [-0.3, -0.25) is 9.59 Å². The first kappa shape index (κ1) is 20.8. The van der Waals surface area contributed by atoms with Crippen molar-refractivity contribution in [1.82, 2.24) is 10.3 Å². The molecule has 0 aliphatic heterocycles. The molecular formula is C27H22FN3O2. The van der Waals surface area contributed by atoms with Gasteiger partial charge in [0.1, 0.15) is 0 Å². The van der Waals surface area contributed by atoms with Gasteiger partial charge in [0.25, 0.3) is 5.91 Å². The van der Waals surface area contributed by atoms with Crippen LogP contribution in [0.2, 0.25) is 0 Å². The molecule has 0 bridgehead atoms. The zero-order valence-electron chi connectivity index (χ0n) is 17.8. The van der Waals surface area contributed by atoms with Crippen molar-refractivity contribution in [2.45, 2.75) is 18.9 Å². The summed E-state index contributed by atoms with van der Waals surface area (Å²) in [6, 6.07) is 24.4. The lowest BCUT2D eigenvalue weighted by Crippen LogP contribution is -2.23. The molecule has 1 aromatic heterocycles. The highest BCUT2D eigenvalue weighted by Crippen LogP contribution is 2.48. The number of carbonyl (C=O) groups is 2. The Morgan fingerprint density at radius 3 is 2.52 bits per heavy atom. The molecule has 33 heavy (non-hydrogen) atoms. The SMILES string of the molecule is O=C(NCc1cccnc1F)c1ccc([C@@H]2C[C@H]2C(=O)Nc2ccc3ccccc3c2)cc1. The second-order valence-corrected chi connectivity index (χ2v) is 8.26. The average molecular weight is 439 g/mol. The van der Waals surface area contributed by atoms with Gasteiger partial charge < -0.3 is 10.6 Å². The summed E-state index contributed by atoms with van der Waals surface area (Å²) in [5.74, 6) is -0.798. The largest absolute Gasteiger partial charge is 0.348 e. The molecule has 0 spiro atoms. The number of nitrogens with zero attached hydrogens (tertiary/aromatic N) is 1. The third-order valence-corrected chi connectivity index (χ3v) is 6.02. The normalized spacial score (nSPS) is 16.9. The number of amides is 2. The van der Waals surface area contributed by atoms with Crippen LogP contribution in [0.15, 0.2) is 85.1 Å². The number of fused-ring (bicyclic) bond motifs is 1. The molecule has 6 heteroatoms. The van der Waals surface area contributed by atoms with Crippen LogP contribution in [-0.4, -0.2) is 16.8 Å². The van der Waals surface area contributed by atoms with Crippen molar-refractivity contribution >= 4 is 28.3 Å². The second-order valence-electron chi connectivity index (χ2n) is 8.26. The summed E-state index contributed by atoms with van der Waals surface area (Å²) >= 11 is 0. The quantitative estimate of drug-likeness (QED) is 0.413. The molecule has 0 unspecified atom stereocenters. The molecule has 164 valence electrons. The van der Waals surface area contributed by atoms with E-state index in [0.29, 0.717) is 11.1 Å². The van der Waals surface area contributed by atoms with Crippen LogP contribution >= 0.6 is 0 Å². The van der Waals surface area contributed by atoms with Gasteiger partial charge in [-0.15, -0.1) is 0 Å². The van der Waals surface area contributed by atoms with E-state index in [4.69, 9.17) is 0 Å². The van der Waals surface area contributed by atoms with Gasteiger partial charge in [-0.05, 0) is 59.0 Å². The second kappa shape index (κ2) is 8.82. The summed E-state index contributed by atoms with van der Waals surface area (Å²) < 4.78 is 13.6. The van der Waals surface area contributed by atoms with Crippen LogP contribution in [0, 0.1) is 11.9 Å². The highest BCUT2D eigenvalue weighted by Gasteiger charge is 2.43. The van der Waals surface area contributed by atoms with Gasteiger partial charge in [-0.25, -0.2) is 4.98 Å². The van der Waals surface area contributed by atoms with Crippen LogP contribution in [0.1, 0.15) is 33.8 Å². The fraction of sp³-hybridized carbons (Fsp3) is 0.148. The van der Waals surface area contributed by atoms with Crippen molar-refractivity contribution in [3.63, 3.8) is 0 Å². The van der Waals surface area contributed by atoms with Gasteiger partial charge in [-0.1, -0.05) is 48.5 Å². The summed E-state index contributed by atoms with van der Waals surface area (Å²) in [7, 11) is 0. The monoisotopic (exact) mass is 439 g/mol. The Kier molecular flexibility index (Phi) is 5.57. The molecule has 2 amide bonds. The minimum atomic E-state index is -0.588. The Balaban J connectivity index is 1.17. The zero-order chi connectivity index (χ0) is 22.8. The Morgan fingerprint density at radius 2 is 1.73 bits per heavy atom. The highest BCUT2D eigenvalue weighted by atomic mass is 19.1. The average Bonchev–Trinajstić information content (AvgIpc) is 3.65. The molecule has 2 N–H and O–H groups in total. The summed E-state index contributed by atoms with van der Waals surface area (Å²) in [5, 5.41) is 7.95. The third kappa shape index (κ3) is 4.60. The smallest absolute Gasteiger partial charge is 0.251 e. The lowest BCUT2D eigenvalue weighted by molar-refractivity contribution is -0.117. The van der Waals surface area contributed by atoms with Crippen molar-refractivity contribution in [3.05, 3.63) is 108 Å². The summed E-state index contributed by atoms with van der Waals surface area (Å²) in [6.07, 6.45) is 2.15. The minimum absolute atomic E-state index is 0.00981. The van der Waals surface area contributed by atoms with Gasteiger partial charge in [0.15, 0.2) is 0 Å². The fourth-order valence-corrected chi connectivity index (χ4v) is 4.07. The lowest BCUT2D eigenvalue weighted by Gasteiger charge is -2.08. The Morgan fingerprint density at radius 1 is 0.939 bits per heavy atom. The molecule has 1 heterocycles. The van der Waals surface area contributed by atoms with E-state index in [-0.39, 0.29) is 30.2 Å². The van der Waals surface area contributed by atoms with Crippen LogP contribution in [0.4, 0.5) is 10.1 Å². The zero-order valence-corrected chi connectivity index (χ0v) is 17.8. The Bertz CT molecular complexity index is 1340. The lowest BCUT2D eigenvalue weighted by atomic mass is 10.1. The first-order chi connectivity index (χ1) is 16.1. The highest BCUT2D eigenvalue weighted by molar-refractivity contribution is 5.98. The predicted octanol–water partition coefficient (Wildman–Crippen LogP) is 5.05. The molecule has 1 aliphatic rings. The van der Waals surface area contributed by atoms with E-state index in [0.717, 1.165) is 28.4 Å². The third-order valence-electron chi connectivity index (χ3n) is 6.02. The summed E-state index contributed by atoms with van der Waals surface area (Å²) in [5.41, 5.74) is 2.64. The maximum atomic E-state index is 13.6. The number of anilines is 1. The van der Waals surface area contributed by atoms with Gasteiger partial charge in [0.2, 0.25) is 11.9 Å². The molecule has 1 fully saturated rings. The fourth-order valence-electron chi connectivity index (χ4n) is 4.07. The minimum Gasteiger partial charge on any atom is -0.348 e. The van der Waals surface area contributed by atoms with Crippen molar-refractivity contribution in [1.29, 1.82) is 0 Å². The molecule has 5 rings (SSSR count). The molecule has 5 nitrogen and oxygen atoms in total. The predicted molar refractivity (Wildman–Crippen MR) is 125 cm³/mol. The van der Waals surface area contributed by atoms with Gasteiger partial charge >= 0.3 is 0 Å². The molecule has 0 saturated heterocycles. The number of hydrogen-bond acceptors (Lipinski definition) is 3. The van der Waals surface area contributed by atoms with Gasteiger partial charge in [0.05, 0.1) is 0 Å². The number of rotatable bonds is 6. The van der Waals surface area contributed by atoms with E-state index >= 15 is 0 Å². The van der Waals surface area contributed by atoms with E-state index in [2.05, 4.69) is 15.6 Å². The standard InChI is InChI=1S/C27H22FN3O2/c28-25-21(6-3-13-29-25)16-30-26(32)19-9-7-18(8-10-19)23-15-24(23)27(33)31-22-12-11-17-4-1-2-5-20(17)14-22/h1-14,23-24H,15-16H2,(H,30,32)(H,31,33)/t23-,24+/m0/s1. The Labute approximate surface area is 190 Å². The Hall–Kier alpha value is -4.06. The van der Waals surface area contributed by atoms with E-state index in [1.54, 1.807) is 24.3 Å². The first-order valence-corrected chi connectivity index (χ1v) is 10.9. The molecule has 1 saturated carbocycles. The number of pyridine rings is 1. The first-order valence-electron chi connectivity index (χ1n) is 10.9. The molecule has 0 radical (unpaired) electrons. The van der Waals surface area contributed by atoms with Crippen LogP contribution < -0.4 is 10.6 Å². The molecule has 3 aromatic carbocycles. The number of hydrogen-bond donors (Lipinski definition) is 2.